The molecule has 0 N–H and O–H groups in total. The van der Waals surface area contributed by atoms with Gasteiger partial charge in [0.25, 0.3) is 0 Å². The molecule has 0 heterocycles. The lowest BCUT2D eigenvalue weighted by Crippen LogP contribution is -2.43. The van der Waals surface area contributed by atoms with Crippen molar-refractivity contribution in [1.29, 1.82) is 0 Å². The summed E-state index contributed by atoms with van der Waals surface area (Å²) in [6.45, 7) is 22.0. The smallest absolute Gasteiger partial charge is 0.241 e. The van der Waals surface area contributed by atoms with Gasteiger partial charge in [0, 0.05) is 0 Å². The first-order chi connectivity index (χ1) is 7.76. The van der Waals surface area contributed by atoms with Crippen molar-refractivity contribution in [3.8, 4) is 0 Å². The summed E-state index contributed by atoms with van der Waals surface area (Å²) in [7, 11) is -3.18. The van der Waals surface area contributed by atoms with Crippen LogP contribution < -0.4 is 0 Å². The highest BCUT2D eigenvalue weighted by atomic mass is 28.4. The first-order valence-electron chi connectivity index (χ1n) is 6.79. The van der Waals surface area contributed by atoms with E-state index < -0.39 is 16.6 Å². The van der Waals surface area contributed by atoms with E-state index in [4.69, 9.17) is 8.85 Å². The lowest BCUT2D eigenvalue weighted by molar-refractivity contribution is 0.0759. The molecule has 1 atom stereocenters. The quantitative estimate of drug-likeness (QED) is 0.523. The van der Waals surface area contributed by atoms with Gasteiger partial charge in [-0.25, -0.2) is 0 Å². The highest BCUT2D eigenvalue weighted by Crippen LogP contribution is 2.32. The normalized spacial score (nSPS) is 16.7. The van der Waals surface area contributed by atoms with Crippen LogP contribution >= 0.6 is 0 Å². The molecule has 18 heavy (non-hydrogen) atoms. The third kappa shape index (κ3) is 7.39. The van der Waals surface area contributed by atoms with E-state index in [1.807, 2.05) is 6.92 Å². The average molecular weight is 289 g/mol. The summed E-state index contributed by atoms with van der Waals surface area (Å²) in [4.78, 5) is 0. The number of hydrogen-bond donors (Lipinski definition) is 0. The van der Waals surface area contributed by atoms with E-state index in [-0.39, 0.29) is 11.5 Å². The molecule has 0 amide bonds. The second-order valence-corrected chi connectivity index (χ2v) is 16.8. The molecule has 0 aromatic heterocycles. The minimum Gasteiger partial charge on any atom is -0.546 e. The molecule has 0 aromatic carbocycles. The van der Waals surface area contributed by atoms with Crippen LogP contribution in [0, 0.1) is 5.41 Å². The van der Waals surface area contributed by atoms with Crippen LogP contribution in [-0.2, 0) is 8.85 Å². The SMILES string of the molecule is C/C=C(/O[Si](C)(C)C)[C@@H](O[Si](C)(C)C)C(C)(C)C. The van der Waals surface area contributed by atoms with Crippen LogP contribution in [0.15, 0.2) is 11.8 Å². The zero-order valence-electron chi connectivity index (χ0n) is 14.0. The second-order valence-electron chi connectivity index (χ2n) is 7.88. The van der Waals surface area contributed by atoms with Crippen LogP contribution in [0.5, 0.6) is 0 Å². The highest BCUT2D eigenvalue weighted by Gasteiger charge is 2.35. The Hall–Kier alpha value is -0.0662. The number of hydrogen-bond acceptors (Lipinski definition) is 2. The Morgan fingerprint density at radius 1 is 0.944 bits per heavy atom. The minimum absolute atomic E-state index is 0.0564. The van der Waals surface area contributed by atoms with E-state index in [0.29, 0.717) is 0 Å². The average Bonchev–Trinajstić information content (AvgIpc) is 2.06. The van der Waals surface area contributed by atoms with Gasteiger partial charge in [0.05, 0.1) is 0 Å². The van der Waals surface area contributed by atoms with Crippen LogP contribution in [0.4, 0.5) is 0 Å². The molecule has 0 radical (unpaired) electrons. The zero-order chi connectivity index (χ0) is 14.8. The Labute approximate surface area is 116 Å². The Bertz CT molecular complexity index is 290. The van der Waals surface area contributed by atoms with Gasteiger partial charge in [-0.2, -0.15) is 0 Å². The highest BCUT2D eigenvalue weighted by molar-refractivity contribution is 6.70. The van der Waals surface area contributed by atoms with E-state index in [9.17, 15) is 0 Å². The monoisotopic (exact) mass is 288 g/mol. The van der Waals surface area contributed by atoms with Crippen LogP contribution in [0.3, 0.4) is 0 Å². The third-order valence-electron chi connectivity index (χ3n) is 2.22. The summed E-state index contributed by atoms with van der Waals surface area (Å²) in [5.74, 6) is 1.02. The van der Waals surface area contributed by atoms with Gasteiger partial charge in [-0.05, 0) is 57.7 Å². The van der Waals surface area contributed by atoms with Crippen molar-refractivity contribution in [1.82, 2.24) is 0 Å². The maximum Gasteiger partial charge on any atom is 0.241 e. The Morgan fingerprint density at radius 3 is 1.61 bits per heavy atom. The van der Waals surface area contributed by atoms with Crippen LogP contribution in [0.2, 0.25) is 39.3 Å². The number of rotatable bonds is 5. The second kappa shape index (κ2) is 5.93. The van der Waals surface area contributed by atoms with Gasteiger partial charge in [-0.3, -0.25) is 0 Å². The zero-order valence-corrected chi connectivity index (χ0v) is 16.0. The fraction of sp³-hybridized carbons (Fsp3) is 0.857. The van der Waals surface area contributed by atoms with Gasteiger partial charge < -0.3 is 8.85 Å². The predicted octanol–water partition coefficient (Wildman–Crippen LogP) is 5.01. The van der Waals surface area contributed by atoms with Crippen molar-refractivity contribution in [2.45, 2.75) is 73.1 Å². The fourth-order valence-electron chi connectivity index (χ4n) is 1.63. The molecule has 0 saturated carbocycles. The Balaban J connectivity index is 5.19. The summed E-state index contributed by atoms with van der Waals surface area (Å²) >= 11 is 0. The van der Waals surface area contributed by atoms with Gasteiger partial charge in [0.2, 0.25) is 8.32 Å². The molecule has 0 bridgehead atoms. The van der Waals surface area contributed by atoms with Gasteiger partial charge >= 0.3 is 0 Å². The molecule has 0 unspecified atom stereocenters. The van der Waals surface area contributed by atoms with Crippen LogP contribution in [0.25, 0.3) is 0 Å². The molecule has 4 heteroatoms. The molecule has 0 rings (SSSR count). The van der Waals surface area contributed by atoms with E-state index in [0.717, 1.165) is 5.76 Å². The van der Waals surface area contributed by atoms with Crippen LogP contribution in [0.1, 0.15) is 27.7 Å². The largest absolute Gasteiger partial charge is 0.546 e. The maximum absolute atomic E-state index is 6.37. The van der Waals surface area contributed by atoms with Gasteiger partial charge in [0.15, 0.2) is 8.32 Å². The summed E-state index contributed by atoms with van der Waals surface area (Å²) < 4.78 is 12.6. The standard InChI is InChI=1S/C14H32O2Si2/c1-11-12(15-17(5,6)7)13(14(2,3)4)16-18(8,9)10/h11,13H,1-10H3/b12-11+/t13-/m1/s1. The Kier molecular flexibility index (Phi) is 5.90. The molecule has 2 nitrogen and oxygen atoms in total. The van der Waals surface area contributed by atoms with Crippen molar-refractivity contribution in [2.75, 3.05) is 0 Å². The molecule has 0 spiro atoms. The first-order valence-corrected chi connectivity index (χ1v) is 13.6. The van der Waals surface area contributed by atoms with Crippen LogP contribution in [-0.4, -0.2) is 22.7 Å². The van der Waals surface area contributed by atoms with Gasteiger partial charge in [0.1, 0.15) is 11.9 Å². The molecular weight excluding hydrogens is 256 g/mol. The van der Waals surface area contributed by atoms with Crippen molar-refractivity contribution in [2.24, 2.45) is 5.41 Å². The van der Waals surface area contributed by atoms with E-state index in [1.54, 1.807) is 0 Å². The van der Waals surface area contributed by atoms with Crippen molar-refractivity contribution < 1.29 is 8.85 Å². The maximum atomic E-state index is 6.37. The summed E-state index contributed by atoms with van der Waals surface area (Å²) in [6, 6.07) is 0. The van der Waals surface area contributed by atoms with E-state index in [1.165, 1.54) is 0 Å². The van der Waals surface area contributed by atoms with Gasteiger partial charge in [-0.15, -0.1) is 0 Å². The molecule has 0 aliphatic heterocycles. The minimum atomic E-state index is -1.59. The molecule has 0 fully saturated rings. The molecule has 0 aliphatic rings. The summed E-state index contributed by atoms with van der Waals surface area (Å²) in [5, 5.41) is 0. The molecule has 108 valence electrons. The lowest BCUT2D eigenvalue weighted by Gasteiger charge is -2.39. The van der Waals surface area contributed by atoms with Crippen molar-refractivity contribution in [3.05, 3.63) is 11.8 Å². The predicted molar refractivity (Wildman–Crippen MR) is 85.9 cm³/mol. The summed E-state index contributed by atoms with van der Waals surface area (Å²) in [6.07, 6.45) is 2.13. The third-order valence-corrected chi connectivity index (χ3v) is 4.02. The fourth-order valence-corrected chi connectivity index (χ4v) is 3.74. The van der Waals surface area contributed by atoms with Crippen molar-refractivity contribution in [3.63, 3.8) is 0 Å². The van der Waals surface area contributed by atoms with E-state index >= 15 is 0 Å². The molecule has 0 saturated heterocycles. The number of allylic oxidation sites excluding steroid dienone is 1. The van der Waals surface area contributed by atoms with E-state index in [2.05, 4.69) is 66.1 Å². The summed E-state index contributed by atoms with van der Waals surface area (Å²) in [5.41, 5.74) is 0.0573. The lowest BCUT2D eigenvalue weighted by atomic mass is 9.88. The first kappa shape index (κ1) is 17.9. The molecular formula is C14H32O2Si2. The molecule has 0 aromatic rings. The Morgan fingerprint density at radius 2 is 1.39 bits per heavy atom. The topological polar surface area (TPSA) is 18.5 Å². The molecule has 0 aliphatic carbocycles. The van der Waals surface area contributed by atoms with Gasteiger partial charge in [-0.1, -0.05) is 20.8 Å². The van der Waals surface area contributed by atoms with Crippen molar-refractivity contribution >= 4 is 16.6 Å².